The second-order valence-corrected chi connectivity index (χ2v) is 2.27. The van der Waals surface area contributed by atoms with Gasteiger partial charge < -0.3 is 5.32 Å². The SMILES string of the molecule is CC1=NCC[NH2+]1.O=[P+](O)O. The summed E-state index contributed by atoms with van der Waals surface area (Å²) in [5.74, 6) is 1.20. The predicted molar refractivity (Wildman–Crippen MR) is 36.8 cm³/mol. The molecule has 0 amide bonds. The van der Waals surface area contributed by atoms with Gasteiger partial charge >= 0.3 is 8.25 Å². The number of aliphatic imine (C=N–C) groups is 1. The van der Waals surface area contributed by atoms with Gasteiger partial charge in [0.2, 0.25) is 0 Å². The van der Waals surface area contributed by atoms with Crippen molar-refractivity contribution in [2.75, 3.05) is 13.1 Å². The van der Waals surface area contributed by atoms with Gasteiger partial charge in [0.05, 0.1) is 6.54 Å². The number of hydrogen-bond donors (Lipinski definition) is 3. The summed E-state index contributed by atoms with van der Waals surface area (Å²) in [6.45, 7) is 4.21. The normalized spacial score (nSPS) is 15.3. The van der Waals surface area contributed by atoms with E-state index < -0.39 is 8.25 Å². The fourth-order valence-electron chi connectivity index (χ4n) is 0.579. The van der Waals surface area contributed by atoms with Gasteiger partial charge in [0.25, 0.3) is 0 Å². The molecule has 58 valence electrons. The Kier molecular flexibility index (Phi) is 5.25. The third kappa shape index (κ3) is 7.65. The quantitative estimate of drug-likeness (QED) is 0.387. The number of nitrogens with zero attached hydrogens (tertiary/aromatic N) is 1. The molecule has 1 aliphatic rings. The summed E-state index contributed by atoms with van der Waals surface area (Å²) in [6, 6.07) is 0. The Balaban J connectivity index is 0.000000180. The highest BCUT2D eigenvalue weighted by atomic mass is 31.1. The third-order valence-corrected chi connectivity index (χ3v) is 0.930. The first-order valence-corrected chi connectivity index (χ1v) is 3.98. The van der Waals surface area contributed by atoms with Crippen LogP contribution in [-0.2, 0) is 4.57 Å². The molecule has 0 fully saturated rings. The number of hydrogen-bond acceptors (Lipinski definition) is 2. The smallest absolute Gasteiger partial charge is 0.300 e. The van der Waals surface area contributed by atoms with E-state index in [1.54, 1.807) is 0 Å². The van der Waals surface area contributed by atoms with Crippen LogP contribution in [0.1, 0.15) is 6.92 Å². The predicted octanol–water partition coefficient (Wildman–Crippen LogP) is -1.39. The molecule has 0 aromatic heterocycles. The van der Waals surface area contributed by atoms with E-state index in [0.29, 0.717) is 0 Å². The van der Waals surface area contributed by atoms with Crippen molar-refractivity contribution < 1.29 is 19.7 Å². The molecule has 1 rings (SSSR count). The lowest BCUT2D eigenvalue weighted by molar-refractivity contribution is -0.528. The molecule has 4 N–H and O–H groups in total. The maximum absolute atomic E-state index is 8.70. The highest BCUT2D eigenvalue weighted by Gasteiger charge is 2.00. The van der Waals surface area contributed by atoms with E-state index in [-0.39, 0.29) is 0 Å². The molecule has 0 aromatic rings. The van der Waals surface area contributed by atoms with Crippen LogP contribution in [0, 0.1) is 0 Å². The lowest BCUT2D eigenvalue weighted by Gasteiger charge is -1.78. The number of quaternary nitrogens is 1. The molecular formula is C4H11N2O3P+2. The lowest BCUT2D eigenvalue weighted by Crippen LogP contribution is -2.85. The van der Waals surface area contributed by atoms with Gasteiger partial charge in [0.1, 0.15) is 6.54 Å². The summed E-state index contributed by atoms with van der Waals surface area (Å²) in [5, 5.41) is 2.15. The lowest BCUT2D eigenvalue weighted by atomic mass is 10.7. The maximum atomic E-state index is 8.70. The van der Waals surface area contributed by atoms with Crippen molar-refractivity contribution in [3.05, 3.63) is 0 Å². The Morgan fingerprint density at radius 2 is 2.20 bits per heavy atom. The van der Waals surface area contributed by atoms with Crippen LogP contribution in [0.3, 0.4) is 0 Å². The summed E-state index contributed by atoms with van der Waals surface area (Å²) in [4.78, 5) is 18.3. The Morgan fingerprint density at radius 1 is 1.70 bits per heavy atom. The van der Waals surface area contributed by atoms with Crippen molar-refractivity contribution in [1.29, 1.82) is 0 Å². The molecule has 0 aromatic carbocycles. The van der Waals surface area contributed by atoms with E-state index in [4.69, 9.17) is 14.4 Å². The molecule has 0 atom stereocenters. The van der Waals surface area contributed by atoms with E-state index in [0.717, 1.165) is 13.1 Å². The van der Waals surface area contributed by atoms with E-state index in [1.165, 1.54) is 5.84 Å². The summed E-state index contributed by atoms with van der Waals surface area (Å²) in [5.41, 5.74) is 0. The van der Waals surface area contributed by atoms with Crippen LogP contribution in [0.4, 0.5) is 0 Å². The van der Waals surface area contributed by atoms with E-state index in [9.17, 15) is 0 Å². The molecule has 0 aliphatic carbocycles. The number of amidine groups is 1. The first-order chi connectivity index (χ1) is 4.63. The highest BCUT2D eigenvalue weighted by Crippen LogP contribution is 1.98. The average Bonchev–Trinajstić information content (AvgIpc) is 2.15. The van der Waals surface area contributed by atoms with Crippen molar-refractivity contribution >= 4 is 14.1 Å². The van der Waals surface area contributed by atoms with Crippen molar-refractivity contribution in [3.8, 4) is 0 Å². The third-order valence-electron chi connectivity index (χ3n) is 0.930. The Morgan fingerprint density at radius 3 is 2.30 bits per heavy atom. The Labute approximate surface area is 59.7 Å². The van der Waals surface area contributed by atoms with Crippen LogP contribution in [0.2, 0.25) is 0 Å². The molecule has 10 heavy (non-hydrogen) atoms. The fourth-order valence-corrected chi connectivity index (χ4v) is 0.579. The maximum Gasteiger partial charge on any atom is 0.692 e. The molecular weight excluding hydrogens is 155 g/mol. The van der Waals surface area contributed by atoms with Gasteiger partial charge in [-0.15, -0.1) is 9.79 Å². The molecule has 6 heteroatoms. The zero-order valence-corrected chi connectivity index (χ0v) is 6.58. The van der Waals surface area contributed by atoms with Gasteiger partial charge in [-0.1, -0.05) is 0 Å². The number of nitrogens with two attached hydrogens (primary N) is 1. The van der Waals surface area contributed by atoms with Gasteiger partial charge in [-0.2, -0.15) is 0 Å². The van der Waals surface area contributed by atoms with Crippen molar-refractivity contribution in [2.24, 2.45) is 4.99 Å². The first-order valence-electron chi connectivity index (χ1n) is 2.82. The van der Waals surface area contributed by atoms with E-state index >= 15 is 0 Å². The average molecular weight is 166 g/mol. The van der Waals surface area contributed by atoms with Gasteiger partial charge in [-0.05, 0) is 0 Å². The summed E-state index contributed by atoms with van der Waals surface area (Å²) in [6.07, 6.45) is 0. The molecule has 0 spiro atoms. The Hall–Kier alpha value is -0.350. The fraction of sp³-hybridized carbons (Fsp3) is 0.750. The van der Waals surface area contributed by atoms with Crippen molar-refractivity contribution in [1.82, 2.24) is 0 Å². The van der Waals surface area contributed by atoms with Gasteiger partial charge in [-0.3, -0.25) is 0 Å². The highest BCUT2D eigenvalue weighted by molar-refractivity contribution is 7.30. The molecule has 1 aliphatic heterocycles. The second-order valence-electron chi connectivity index (χ2n) is 1.77. The van der Waals surface area contributed by atoms with Crippen LogP contribution < -0.4 is 5.32 Å². The summed E-state index contributed by atoms with van der Waals surface area (Å²) < 4.78 is 8.70. The zero-order valence-electron chi connectivity index (χ0n) is 5.69. The van der Waals surface area contributed by atoms with Gasteiger partial charge in [0, 0.05) is 11.5 Å². The largest absolute Gasteiger partial charge is 0.692 e. The molecule has 5 nitrogen and oxygen atoms in total. The summed E-state index contributed by atoms with van der Waals surface area (Å²) >= 11 is 0. The molecule has 0 bridgehead atoms. The number of rotatable bonds is 0. The minimum Gasteiger partial charge on any atom is -0.300 e. The molecule has 1 heterocycles. The Bertz CT molecular complexity index is 143. The van der Waals surface area contributed by atoms with Gasteiger partial charge in [-0.25, -0.2) is 4.99 Å². The standard InChI is InChI=1S/C4H8N2.HO3P/c1-4-5-2-3-6-4;1-4(2)3/h2-3H2,1H3,(H,5,6);(H-,1,2,3)/p+2. The van der Waals surface area contributed by atoms with Crippen LogP contribution in [0.15, 0.2) is 4.99 Å². The minimum absolute atomic E-state index is 1.02. The molecule has 0 unspecified atom stereocenters. The molecule has 0 radical (unpaired) electrons. The first kappa shape index (κ1) is 9.65. The van der Waals surface area contributed by atoms with E-state index in [1.807, 2.05) is 6.92 Å². The molecule has 0 saturated carbocycles. The van der Waals surface area contributed by atoms with Crippen molar-refractivity contribution in [2.45, 2.75) is 6.92 Å². The van der Waals surface area contributed by atoms with Crippen LogP contribution in [0.5, 0.6) is 0 Å². The van der Waals surface area contributed by atoms with Crippen LogP contribution >= 0.6 is 8.25 Å². The monoisotopic (exact) mass is 166 g/mol. The summed E-state index contributed by atoms with van der Waals surface area (Å²) in [7, 11) is -2.87. The van der Waals surface area contributed by atoms with Crippen LogP contribution in [0.25, 0.3) is 0 Å². The minimum atomic E-state index is -2.87. The van der Waals surface area contributed by atoms with Crippen LogP contribution in [-0.4, -0.2) is 28.7 Å². The second kappa shape index (κ2) is 5.44. The van der Waals surface area contributed by atoms with Crippen molar-refractivity contribution in [3.63, 3.8) is 0 Å². The zero-order chi connectivity index (χ0) is 7.98. The van der Waals surface area contributed by atoms with Gasteiger partial charge in [0.15, 0.2) is 5.84 Å². The molecule has 0 saturated heterocycles. The topological polar surface area (TPSA) is 86.5 Å². The van der Waals surface area contributed by atoms with E-state index in [2.05, 4.69) is 10.3 Å².